The number of hydrogen-bond donors (Lipinski definition) is 2. The molecule has 0 radical (unpaired) electrons. The average Bonchev–Trinajstić information content (AvgIpc) is 2.39. The van der Waals surface area contributed by atoms with Gasteiger partial charge in [-0.25, -0.2) is 0 Å². The van der Waals surface area contributed by atoms with Crippen molar-refractivity contribution in [1.82, 2.24) is 0 Å². The van der Waals surface area contributed by atoms with Crippen LogP contribution in [-0.2, 0) is 4.79 Å². The van der Waals surface area contributed by atoms with Crippen molar-refractivity contribution in [1.29, 1.82) is 0 Å². The lowest BCUT2D eigenvalue weighted by Gasteiger charge is -2.34. The molecule has 1 saturated heterocycles. The molecule has 0 atom stereocenters. The summed E-state index contributed by atoms with van der Waals surface area (Å²) in [5, 5.41) is 8.81. The predicted octanol–water partition coefficient (Wildman–Crippen LogP) is 1.97. The van der Waals surface area contributed by atoms with Gasteiger partial charge in [0, 0.05) is 19.5 Å². The molecule has 0 amide bonds. The molecule has 0 aliphatic carbocycles. The summed E-state index contributed by atoms with van der Waals surface area (Å²) in [6.45, 7) is 1.69. The molecule has 3 N–H and O–H groups in total. The molecule has 1 aromatic rings. The van der Waals surface area contributed by atoms with Crippen molar-refractivity contribution < 1.29 is 14.6 Å². The van der Waals surface area contributed by atoms with E-state index in [4.69, 9.17) is 15.6 Å². The number of ether oxygens (including phenoxy) is 1. The topological polar surface area (TPSA) is 75.8 Å². The van der Waals surface area contributed by atoms with Crippen LogP contribution in [0.5, 0.6) is 5.75 Å². The maximum Gasteiger partial charge on any atom is 0.303 e. The van der Waals surface area contributed by atoms with E-state index in [0.717, 1.165) is 31.6 Å². The predicted molar refractivity (Wildman–Crippen MR) is 74.6 cm³/mol. The van der Waals surface area contributed by atoms with Crippen LogP contribution >= 0.6 is 0 Å². The zero-order chi connectivity index (χ0) is 13.8. The number of carboxylic acid groups (broad SMARTS) is 1. The summed E-state index contributed by atoms with van der Waals surface area (Å²) >= 11 is 0. The summed E-state index contributed by atoms with van der Waals surface area (Å²) in [5.74, 6) is 0.255. The zero-order valence-electron chi connectivity index (χ0n) is 11.1. The Kier molecular flexibility index (Phi) is 4.14. The summed E-state index contributed by atoms with van der Waals surface area (Å²) in [4.78, 5) is 12.9. The minimum absolute atomic E-state index is 0.265. The van der Waals surface area contributed by atoms with E-state index < -0.39 is 5.97 Å². The van der Waals surface area contributed by atoms with Crippen LogP contribution in [0.4, 0.5) is 11.4 Å². The number of methoxy groups -OCH3 is 1. The fourth-order valence-electron chi connectivity index (χ4n) is 2.61. The first kappa shape index (κ1) is 13.5. The first-order valence-corrected chi connectivity index (χ1v) is 6.51. The molecule has 5 nitrogen and oxygen atoms in total. The van der Waals surface area contributed by atoms with E-state index in [0.29, 0.717) is 11.4 Å². The monoisotopic (exact) mass is 264 g/mol. The Morgan fingerprint density at radius 3 is 2.74 bits per heavy atom. The normalized spacial score (nSPS) is 16.4. The Morgan fingerprint density at radius 1 is 1.47 bits per heavy atom. The highest BCUT2D eigenvalue weighted by molar-refractivity contribution is 5.74. The number of nitrogens with zero attached hydrogens (tertiary/aromatic N) is 1. The van der Waals surface area contributed by atoms with E-state index >= 15 is 0 Å². The molecule has 1 aliphatic rings. The number of carbonyl (C=O) groups is 1. The second kappa shape index (κ2) is 5.82. The van der Waals surface area contributed by atoms with Gasteiger partial charge in [0.15, 0.2) is 0 Å². The van der Waals surface area contributed by atoms with Gasteiger partial charge in [-0.15, -0.1) is 0 Å². The molecule has 19 heavy (non-hydrogen) atoms. The maximum absolute atomic E-state index is 10.7. The summed E-state index contributed by atoms with van der Waals surface area (Å²) < 4.78 is 5.22. The quantitative estimate of drug-likeness (QED) is 0.813. The first-order valence-electron chi connectivity index (χ1n) is 6.51. The SMILES string of the molecule is COc1cccc(N2CCC(CC(=O)O)CC2)c1N. The van der Waals surface area contributed by atoms with Gasteiger partial charge < -0.3 is 20.5 Å². The number of carboxylic acids is 1. The third-order valence-electron chi connectivity index (χ3n) is 3.68. The highest BCUT2D eigenvalue weighted by atomic mass is 16.5. The average molecular weight is 264 g/mol. The number of anilines is 2. The number of rotatable bonds is 4. The van der Waals surface area contributed by atoms with Gasteiger partial charge in [0.1, 0.15) is 5.75 Å². The van der Waals surface area contributed by atoms with Gasteiger partial charge >= 0.3 is 5.97 Å². The molecule has 1 fully saturated rings. The van der Waals surface area contributed by atoms with Gasteiger partial charge in [0.2, 0.25) is 0 Å². The van der Waals surface area contributed by atoms with Gasteiger partial charge in [0.05, 0.1) is 18.5 Å². The van der Waals surface area contributed by atoms with Gasteiger partial charge in [-0.2, -0.15) is 0 Å². The number of benzene rings is 1. The number of hydrogen-bond acceptors (Lipinski definition) is 4. The summed E-state index contributed by atoms with van der Waals surface area (Å²) in [6.07, 6.45) is 2.05. The third-order valence-corrected chi connectivity index (χ3v) is 3.68. The molecule has 0 aromatic heterocycles. The fraction of sp³-hybridized carbons (Fsp3) is 0.500. The second-order valence-electron chi connectivity index (χ2n) is 4.92. The fourth-order valence-corrected chi connectivity index (χ4v) is 2.61. The minimum atomic E-state index is -0.709. The molecule has 1 aliphatic heterocycles. The van der Waals surface area contributed by atoms with Gasteiger partial charge in [0.25, 0.3) is 0 Å². The van der Waals surface area contributed by atoms with Crippen LogP contribution in [-0.4, -0.2) is 31.3 Å². The lowest BCUT2D eigenvalue weighted by molar-refractivity contribution is -0.138. The minimum Gasteiger partial charge on any atom is -0.495 e. The van der Waals surface area contributed by atoms with Crippen LogP contribution in [0.25, 0.3) is 0 Å². The van der Waals surface area contributed by atoms with Gasteiger partial charge in [-0.3, -0.25) is 4.79 Å². The van der Waals surface area contributed by atoms with Gasteiger partial charge in [-0.05, 0) is 30.9 Å². The van der Waals surface area contributed by atoms with Crippen LogP contribution < -0.4 is 15.4 Å². The number of nitrogens with two attached hydrogens (primary N) is 1. The number of nitrogen functional groups attached to an aromatic ring is 1. The van der Waals surface area contributed by atoms with Crippen LogP contribution in [0.1, 0.15) is 19.3 Å². The third kappa shape index (κ3) is 3.10. The molecular weight excluding hydrogens is 244 g/mol. The molecule has 104 valence electrons. The highest BCUT2D eigenvalue weighted by Gasteiger charge is 2.23. The lowest BCUT2D eigenvalue weighted by Crippen LogP contribution is -2.34. The molecule has 1 aromatic carbocycles. The smallest absolute Gasteiger partial charge is 0.303 e. The molecule has 5 heteroatoms. The van der Waals surface area contributed by atoms with Crippen LogP contribution in [0.3, 0.4) is 0 Å². The zero-order valence-corrected chi connectivity index (χ0v) is 11.1. The number of para-hydroxylation sites is 1. The van der Waals surface area contributed by atoms with E-state index in [-0.39, 0.29) is 12.3 Å². The van der Waals surface area contributed by atoms with Crippen molar-refractivity contribution in [2.45, 2.75) is 19.3 Å². The summed E-state index contributed by atoms with van der Waals surface area (Å²) in [5.41, 5.74) is 7.71. The Morgan fingerprint density at radius 2 is 2.16 bits per heavy atom. The maximum atomic E-state index is 10.7. The molecule has 0 spiro atoms. The number of aliphatic carboxylic acids is 1. The van der Waals surface area contributed by atoms with Crippen molar-refractivity contribution in [2.24, 2.45) is 5.92 Å². The van der Waals surface area contributed by atoms with Crippen molar-refractivity contribution in [3.63, 3.8) is 0 Å². The van der Waals surface area contributed by atoms with E-state index in [1.54, 1.807) is 7.11 Å². The Labute approximate surface area is 113 Å². The molecule has 0 bridgehead atoms. The van der Waals surface area contributed by atoms with Crippen molar-refractivity contribution in [3.05, 3.63) is 18.2 Å². The van der Waals surface area contributed by atoms with E-state index in [2.05, 4.69) is 4.90 Å². The van der Waals surface area contributed by atoms with Crippen molar-refractivity contribution >= 4 is 17.3 Å². The lowest BCUT2D eigenvalue weighted by atomic mass is 9.93. The summed E-state index contributed by atoms with van der Waals surface area (Å²) in [7, 11) is 1.61. The van der Waals surface area contributed by atoms with Gasteiger partial charge in [-0.1, -0.05) is 6.07 Å². The van der Waals surface area contributed by atoms with Crippen LogP contribution in [0.15, 0.2) is 18.2 Å². The second-order valence-corrected chi connectivity index (χ2v) is 4.92. The molecular formula is C14H20N2O3. The Hall–Kier alpha value is -1.91. The van der Waals surface area contributed by atoms with Crippen LogP contribution in [0.2, 0.25) is 0 Å². The van der Waals surface area contributed by atoms with E-state index in [1.807, 2.05) is 18.2 Å². The first-order chi connectivity index (χ1) is 9.11. The number of piperidine rings is 1. The van der Waals surface area contributed by atoms with Crippen molar-refractivity contribution in [2.75, 3.05) is 30.8 Å². The highest BCUT2D eigenvalue weighted by Crippen LogP contribution is 2.34. The summed E-state index contributed by atoms with van der Waals surface area (Å²) in [6, 6.07) is 5.75. The molecule has 0 unspecified atom stereocenters. The van der Waals surface area contributed by atoms with E-state index in [1.165, 1.54) is 0 Å². The van der Waals surface area contributed by atoms with Crippen LogP contribution in [0, 0.1) is 5.92 Å². The Balaban J connectivity index is 2.03. The Bertz CT molecular complexity index is 454. The molecule has 1 heterocycles. The molecule has 2 rings (SSSR count). The van der Waals surface area contributed by atoms with Crippen molar-refractivity contribution in [3.8, 4) is 5.75 Å². The van der Waals surface area contributed by atoms with E-state index in [9.17, 15) is 4.79 Å². The molecule has 0 saturated carbocycles. The largest absolute Gasteiger partial charge is 0.495 e. The standard InChI is InChI=1S/C14H20N2O3/c1-19-12-4-2-3-11(14(12)15)16-7-5-10(6-8-16)9-13(17)18/h2-4,10H,5-9,15H2,1H3,(H,17,18).